The zero-order valence-electron chi connectivity index (χ0n) is 11.5. The normalized spacial score (nSPS) is 21.0. The van der Waals surface area contributed by atoms with E-state index in [1.54, 1.807) is 11.3 Å². The molecule has 0 amide bonds. The van der Waals surface area contributed by atoms with Gasteiger partial charge < -0.3 is 9.84 Å². The molecule has 1 aromatic heterocycles. The second-order valence-electron chi connectivity index (χ2n) is 5.36. The predicted octanol–water partition coefficient (Wildman–Crippen LogP) is 4.54. The lowest BCUT2D eigenvalue weighted by Crippen LogP contribution is -2.45. The summed E-state index contributed by atoms with van der Waals surface area (Å²) >= 11 is 5.17. The van der Waals surface area contributed by atoms with Gasteiger partial charge in [-0.1, -0.05) is 25.7 Å². The largest absolute Gasteiger partial charge is 0.390 e. The molecule has 1 aliphatic carbocycles. The second kappa shape index (κ2) is 7.21. The van der Waals surface area contributed by atoms with E-state index in [-0.39, 0.29) is 5.60 Å². The molecule has 1 aliphatic rings. The van der Waals surface area contributed by atoms with Crippen LogP contribution in [0.2, 0.25) is 0 Å². The van der Waals surface area contributed by atoms with Gasteiger partial charge in [0.15, 0.2) is 0 Å². The molecule has 0 saturated heterocycles. The van der Waals surface area contributed by atoms with Gasteiger partial charge in [-0.2, -0.15) is 0 Å². The first kappa shape index (κ1) is 15.5. The SMILES string of the molecule is CCOC1(C(O)Cc2cc(Br)cs2)CCCCCC1. The summed E-state index contributed by atoms with van der Waals surface area (Å²) in [5.74, 6) is 0. The highest BCUT2D eigenvalue weighted by molar-refractivity contribution is 9.10. The maximum absolute atomic E-state index is 10.7. The van der Waals surface area contributed by atoms with E-state index in [9.17, 15) is 5.11 Å². The molecule has 19 heavy (non-hydrogen) atoms. The molecule has 1 heterocycles. The fraction of sp³-hybridized carbons (Fsp3) is 0.733. The molecule has 0 spiro atoms. The van der Waals surface area contributed by atoms with Gasteiger partial charge in [-0.05, 0) is 41.8 Å². The minimum Gasteiger partial charge on any atom is -0.390 e. The van der Waals surface area contributed by atoms with Gasteiger partial charge in [0.05, 0.1) is 11.7 Å². The van der Waals surface area contributed by atoms with Crippen molar-refractivity contribution in [3.05, 3.63) is 20.8 Å². The Morgan fingerprint density at radius 2 is 2.05 bits per heavy atom. The highest BCUT2D eigenvalue weighted by Gasteiger charge is 2.38. The molecule has 0 aromatic carbocycles. The van der Waals surface area contributed by atoms with Crippen molar-refractivity contribution >= 4 is 27.3 Å². The molecule has 1 atom stereocenters. The fourth-order valence-corrected chi connectivity index (χ4v) is 4.51. The lowest BCUT2D eigenvalue weighted by molar-refractivity contribution is -0.128. The Balaban J connectivity index is 2.08. The molecular formula is C15H23BrO2S. The first-order chi connectivity index (χ1) is 9.16. The summed E-state index contributed by atoms with van der Waals surface area (Å²) in [5.41, 5.74) is -0.318. The average Bonchev–Trinajstić information content (AvgIpc) is 2.65. The fourth-order valence-electron chi connectivity index (χ4n) is 3.03. The highest BCUT2D eigenvalue weighted by Crippen LogP contribution is 2.35. The van der Waals surface area contributed by atoms with E-state index in [1.165, 1.54) is 30.6 Å². The van der Waals surface area contributed by atoms with Gasteiger partial charge in [0.25, 0.3) is 0 Å². The molecule has 1 saturated carbocycles. The van der Waals surface area contributed by atoms with E-state index in [0.717, 1.165) is 17.3 Å². The number of halogens is 1. The maximum Gasteiger partial charge on any atom is 0.0943 e. The summed E-state index contributed by atoms with van der Waals surface area (Å²) in [5, 5.41) is 12.8. The number of hydrogen-bond donors (Lipinski definition) is 1. The Hall–Kier alpha value is 0.1000. The molecule has 1 N–H and O–H groups in total. The number of hydrogen-bond acceptors (Lipinski definition) is 3. The van der Waals surface area contributed by atoms with Crippen molar-refractivity contribution in [2.45, 2.75) is 63.6 Å². The van der Waals surface area contributed by atoms with Crippen molar-refractivity contribution in [1.82, 2.24) is 0 Å². The maximum atomic E-state index is 10.7. The molecule has 2 rings (SSSR count). The van der Waals surface area contributed by atoms with Crippen molar-refractivity contribution in [1.29, 1.82) is 0 Å². The van der Waals surface area contributed by atoms with Gasteiger partial charge in [0, 0.05) is 27.8 Å². The van der Waals surface area contributed by atoms with Gasteiger partial charge in [-0.25, -0.2) is 0 Å². The first-order valence-electron chi connectivity index (χ1n) is 7.21. The monoisotopic (exact) mass is 346 g/mol. The molecule has 108 valence electrons. The number of aliphatic hydroxyl groups is 1. The Labute approximate surface area is 128 Å². The minimum absolute atomic E-state index is 0.318. The lowest BCUT2D eigenvalue weighted by atomic mass is 9.86. The van der Waals surface area contributed by atoms with E-state index >= 15 is 0 Å². The standard InChI is InChI=1S/C15H23BrO2S/c1-2-18-15(7-5-3-4-6-8-15)14(17)10-13-9-12(16)11-19-13/h9,11,14,17H,2-8,10H2,1H3. The number of thiophene rings is 1. The second-order valence-corrected chi connectivity index (χ2v) is 7.27. The first-order valence-corrected chi connectivity index (χ1v) is 8.88. The molecular weight excluding hydrogens is 324 g/mol. The Bertz CT molecular complexity index is 383. The van der Waals surface area contributed by atoms with Crippen molar-refractivity contribution in [3.63, 3.8) is 0 Å². The van der Waals surface area contributed by atoms with Crippen molar-refractivity contribution < 1.29 is 9.84 Å². The zero-order chi connectivity index (χ0) is 13.7. The smallest absolute Gasteiger partial charge is 0.0943 e. The van der Waals surface area contributed by atoms with Gasteiger partial charge in [0.2, 0.25) is 0 Å². The van der Waals surface area contributed by atoms with Crippen LogP contribution in [0, 0.1) is 0 Å². The topological polar surface area (TPSA) is 29.5 Å². The van der Waals surface area contributed by atoms with Crippen molar-refractivity contribution in [2.75, 3.05) is 6.61 Å². The summed E-state index contributed by atoms with van der Waals surface area (Å²) in [4.78, 5) is 1.22. The summed E-state index contributed by atoms with van der Waals surface area (Å²) in [6.45, 7) is 2.71. The molecule has 0 bridgehead atoms. The van der Waals surface area contributed by atoms with Crippen LogP contribution in [-0.4, -0.2) is 23.4 Å². The van der Waals surface area contributed by atoms with Gasteiger partial charge >= 0.3 is 0 Å². The quantitative estimate of drug-likeness (QED) is 0.792. The highest BCUT2D eigenvalue weighted by atomic mass is 79.9. The van der Waals surface area contributed by atoms with Gasteiger partial charge in [-0.3, -0.25) is 0 Å². The molecule has 0 radical (unpaired) electrons. The van der Waals surface area contributed by atoms with Gasteiger partial charge in [-0.15, -0.1) is 11.3 Å². The van der Waals surface area contributed by atoms with E-state index in [1.807, 2.05) is 6.92 Å². The van der Waals surface area contributed by atoms with Crippen LogP contribution in [-0.2, 0) is 11.2 Å². The molecule has 1 aromatic rings. The zero-order valence-corrected chi connectivity index (χ0v) is 13.9. The van der Waals surface area contributed by atoms with Crippen LogP contribution < -0.4 is 0 Å². The lowest BCUT2D eigenvalue weighted by Gasteiger charge is -2.37. The summed E-state index contributed by atoms with van der Waals surface area (Å²) in [7, 11) is 0. The number of ether oxygens (including phenoxy) is 1. The van der Waals surface area contributed by atoms with Crippen LogP contribution in [0.25, 0.3) is 0 Å². The summed E-state index contributed by atoms with van der Waals surface area (Å²) in [6, 6.07) is 2.10. The molecule has 1 fully saturated rings. The average molecular weight is 347 g/mol. The van der Waals surface area contributed by atoms with Crippen LogP contribution in [0.3, 0.4) is 0 Å². The summed E-state index contributed by atoms with van der Waals surface area (Å²) in [6.07, 6.45) is 7.18. The van der Waals surface area contributed by atoms with Crippen LogP contribution >= 0.6 is 27.3 Å². The van der Waals surface area contributed by atoms with Crippen LogP contribution in [0.1, 0.15) is 50.3 Å². The van der Waals surface area contributed by atoms with Crippen LogP contribution in [0.15, 0.2) is 15.9 Å². The Kier molecular flexibility index (Phi) is 5.87. The number of aliphatic hydroxyl groups excluding tert-OH is 1. The van der Waals surface area contributed by atoms with E-state index < -0.39 is 6.10 Å². The van der Waals surface area contributed by atoms with Gasteiger partial charge in [0.1, 0.15) is 0 Å². The van der Waals surface area contributed by atoms with E-state index in [0.29, 0.717) is 13.0 Å². The van der Waals surface area contributed by atoms with E-state index in [2.05, 4.69) is 27.4 Å². The predicted molar refractivity (Wildman–Crippen MR) is 83.8 cm³/mol. The Morgan fingerprint density at radius 1 is 1.37 bits per heavy atom. The summed E-state index contributed by atoms with van der Waals surface area (Å²) < 4.78 is 7.14. The third kappa shape index (κ3) is 4.03. The molecule has 0 aliphatic heterocycles. The molecule has 1 unspecified atom stereocenters. The Morgan fingerprint density at radius 3 is 2.58 bits per heavy atom. The third-order valence-corrected chi connectivity index (χ3v) is 5.73. The van der Waals surface area contributed by atoms with Crippen molar-refractivity contribution in [2.24, 2.45) is 0 Å². The number of rotatable bonds is 5. The third-order valence-electron chi connectivity index (χ3n) is 4.01. The van der Waals surface area contributed by atoms with Crippen LogP contribution in [0.5, 0.6) is 0 Å². The molecule has 4 heteroatoms. The van der Waals surface area contributed by atoms with Crippen LogP contribution in [0.4, 0.5) is 0 Å². The molecule has 2 nitrogen and oxygen atoms in total. The van der Waals surface area contributed by atoms with Crippen molar-refractivity contribution in [3.8, 4) is 0 Å². The minimum atomic E-state index is -0.393. The van der Waals surface area contributed by atoms with E-state index in [4.69, 9.17) is 4.74 Å².